The predicted octanol–water partition coefficient (Wildman–Crippen LogP) is 0.417. The maximum absolute atomic E-state index is 11.7. The number of guanidine groups is 1. The van der Waals surface area contributed by atoms with Crippen molar-refractivity contribution in [2.45, 2.75) is 25.6 Å². The second-order valence-electron chi connectivity index (χ2n) is 6.57. The van der Waals surface area contributed by atoms with Crippen molar-refractivity contribution in [2.75, 3.05) is 60.2 Å². The van der Waals surface area contributed by atoms with Crippen LogP contribution in [0.3, 0.4) is 0 Å². The van der Waals surface area contributed by atoms with Gasteiger partial charge in [0.05, 0.1) is 19.8 Å². The third-order valence-corrected chi connectivity index (χ3v) is 4.22. The number of aliphatic imine (C=N–C) groups is 1. The first-order chi connectivity index (χ1) is 11.5. The summed E-state index contributed by atoms with van der Waals surface area (Å²) < 4.78 is 16.6. The largest absolute Gasteiger partial charge is 0.381 e. The first-order valence-electron chi connectivity index (χ1n) is 8.56. The molecule has 0 bridgehead atoms. The zero-order chi connectivity index (χ0) is 17.4. The fourth-order valence-electron chi connectivity index (χ4n) is 2.56. The molecule has 8 nitrogen and oxygen atoms in total. The first-order valence-corrected chi connectivity index (χ1v) is 8.56. The van der Waals surface area contributed by atoms with Crippen LogP contribution in [-0.2, 0) is 19.0 Å². The Labute approximate surface area is 167 Å². The fraction of sp³-hybridized carbons (Fsp3) is 0.875. The Morgan fingerprint density at radius 1 is 1.24 bits per heavy atom. The van der Waals surface area contributed by atoms with Crippen molar-refractivity contribution >= 4 is 35.8 Å². The summed E-state index contributed by atoms with van der Waals surface area (Å²) in [4.78, 5) is 17.7. The lowest BCUT2D eigenvalue weighted by Gasteiger charge is -2.23. The highest BCUT2D eigenvalue weighted by Gasteiger charge is 2.30. The molecule has 0 aliphatic carbocycles. The number of nitrogens with zero attached hydrogens (tertiary/aromatic N) is 2. The van der Waals surface area contributed by atoms with E-state index in [1.807, 2.05) is 6.92 Å². The molecule has 0 saturated carbocycles. The van der Waals surface area contributed by atoms with Crippen LogP contribution >= 0.6 is 24.0 Å². The molecule has 0 aromatic heterocycles. The molecule has 2 saturated heterocycles. The zero-order valence-electron chi connectivity index (χ0n) is 15.4. The Morgan fingerprint density at radius 3 is 2.56 bits per heavy atom. The van der Waals surface area contributed by atoms with Gasteiger partial charge in [-0.25, -0.2) is 4.99 Å². The zero-order valence-corrected chi connectivity index (χ0v) is 17.7. The Morgan fingerprint density at radius 2 is 1.96 bits per heavy atom. The minimum atomic E-state index is -0.531. The molecule has 2 fully saturated rings. The molecule has 2 aliphatic heterocycles. The van der Waals surface area contributed by atoms with E-state index < -0.39 is 5.79 Å². The second kappa shape index (κ2) is 11.1. The van der Waals surface area contributed by atoms with Crippen molar-refractivity contribution in [3.05, 3.63) is 0 Å². The van der Waals surface area contributed by atoms with Gasteiger partial charge in [0.15, 0.2) is 11.7 Å². The van der Waals surface area contributed by atoms with Crippen LogP contribution in [0.4, 0.5) is 0 Å². The van der Waals surface area contributed by atoms with Gasteiger partial charge < -0.3 is 29.7 Å². The Balaban J connectivity index is 0.00000312. The molecule has 2 aliphatic rings. The summed E-state index contributed by atoms with van der Waals surface area (Å²) in [7, 11) is 3.45. The Hall–Kier alpha value is -0.650. The average molecular weight is 470 g/mol. The third kappa shape index (κ3) is 8.06. The SMILES string of the molecule is CN(C)C(=O)CN=C(NCCC1(C)OCCO1)NCC1CCOC1.I. The lowest BCUT2D eigenvalue weighted by molar-refractivity contribution is -0.145. The van der Waals surface area contributed by atoms with Crippen LogP contribution in [0, 0.1) is 5.92 Å². The highest BCUT2D eigenvalue weighted by molar-refractivity contribution is 14.0. The van der Waals surface area contributed by atoms with Gasteiger partial charge in [-0.1, -0.05) is 0 Å². The number of rotatable bonds is 7. The molecular formula is C16H31IN4O4. The summed E-state index contributed by atoms with van der Waals surface area (Å²) in [6.07, 6.45) is 1.76. The molecule has 2 rings (SSSR count). The van der Waals surface area contributed by atoms with Gasteiger partial charge in [-0.3, -0.25) is 4.79 Å². The summed E-state index contributed by atoms with van der Waals surface area (Å²) in [5, 5.41) is 6.56. The number of likely N-dealkylation sites (N-methyl/N-ethyl adjacent to an activating group) is 1. The van der Waals surface area contributed by atoms with Gasteiger partial charge in [-0.2, -0.15) is 0 Å². The van der Waals surface area contributed by atoms with Gasteiger partial charge in [0.1, 0.15) is 6.54 Å². The van der Waals surface area contributed by atoms with E-state index in [4.69, 9.17) is 14.2 Å². The van der Waals surface area contributed by atoms with Crippen LogP contribution in [0.25, 0.3) is 0 Å². The van der Waals surface area contributed by atoms with E-state index in [1.54, 1.807) is 14.1 Å². The minimum absolute atomic E-state index is 0. The molecular weight excluding hydrogens is 439 g/mol. The van der Waals surface area contributed by atoms with E-state index in [0.29, 0.717) is 38.1 Å². The maximum atomic E-state index is 11.7. The quantitative estimate of drug-likeness (QED) is 0.319. The third-order valence-electron chi connectivity index (χ3n) is 4.22. The van der Waals surface area contributed by atoms with E-state index in [1.165, 1.54) is 4.90 Å². The van der Waals surface area contributed by atoms with Crippen LogP contribution in [0.2, 0.25) is 0 Å². The summed E-state index contributed by atoms with van der Waals surface area (Å²) in [5.74, 6) is 0.561. The smallest absolute Gasteiger partial charge is 0.243 e. The predicted molar refractivity (Wildman–Crippen MR) is 106 cm³/mol. The molecule has 1 atom stereocenters. The molecule has 1 unspecified atom stereocenters. The number of hydrogen-bond donors (Lipinski definition) is 2. The molecule has 0 spiro atoms. The van der Waals surface area contributed by atoms with Crippen molar-refractivity contribution in [1.29, 1.82) is 0 Å². The summed E-state index contributed by atoms with van der Waals surface area (Å²) in [6, 6.07) is 0. The summed E-state index contributed by atoms with van der Waals surface area (Å²) >= 11 is 0. The number of hydrogen-bond acceptors (Lipinski definition) is 5. The van der Waals surface area contributed by atoms with Crippen molar-refractivity contribution in [3.63, 3.8) is 0 Å². The molecule has 0 aromatic carbocycles. The number of nitrogens with one attached hydrogen (secondary N) is 2. The van der Waals surface area contributed by atoms with E-state index in [9.17, 15) is 4.79 Å². The van der Waals surface area contributed by atoms with Gasteiger partial charge in [0.2, 0.25) is 5.91 Å². The molecule has 2 N–H and O–H groups in total. The van der Waals surface area contributed by atoms with E-state index in [2.05, 4.69) is 15.6 Å². The number of amides is 1. The number of carbonyl (C=O) groups excluding carboxylic acids is 1. The Kier molecular flexibility index (Phi) is 9.98. The highest BCUT2D eigenvalue weighted by Crippen LogP contribution is 2.21. The standard InChI is InChI=1S/C16H30N4O4.HI/c1-16(23-8-9-24-16)5-6-17-15(19-11-14(21)20(2)3)18-10-13-4-7-22-12-13;/h13H,4-12H2,1-3H3,(H2,17,18,19);1H. The first kappa shape index (κ1) is 22.4. The monoisotopic (exact) mass is 470 g/mol. The number of halogens is 1. The Bertz CT molecular complexity index is 436. The van der Waals surface area contributed by atoms with Gasteiger partial charge in [0.25, 0.3) is 0 Å². The van der Waals surface area contributed by atoms with Gasteiger partial charge >= 0.3 is 0 Å². The molecule has 0 aromatic rings. The van der Waals surface area contributed by atoms with Crippen molar-refractivity contribution < 1.29 is 19.0 Å². The second-order valence-corrected chi connectivity index (χ2v) is 6.57. The van der Waals surface area contributed by atoms with Crippen molar-refractivity contribution in [1.82, 2.24) is 15.5 Å². The minimum Gasteiger partial charge on any atom is -0.381 e. The van der Waals surface area contributed by atoms with E-state index in [-0.39, 0.29) is 36.4 Å². The van der Waals surface area contributed by atoms with Crippen LogP contribution < -0.4 is 10.6 Å². The molecule has 146 valence electrons. The van der Waals surface area contributed by atoms with Crippen molar-refractivity contribution in [2.24, 2.45) is 10.9 Å². The normalized spacial score (nSPS) is 22.4. The van der Waals surface area contributed by atoms with Crippen LogP contribution in [0.5, 0.6) is 0 Å². The number of ether oxygens (including phenoxy) is 3. The lowest BCUT2D eigenvalue weighted by Crippen LogP contribution is -2.43. The maximum Gasteiger partial charge on any atom is 0.243 e. The highest BCUT2D eigenvalue weighted by atomic mass is 127. The van der Waals surface area contributed by atoms with E-state index >= 15 is 0 Å². The average Bonchev–Trinajstić information content (AvgIpc) is 3.21. The lowest BCUT2D eigenvalue weighted by atomic mass is 10.1. The molecule has 2 heterocycles. The van der Waals surface area contributed by atoms with Gasteiger partial charge in [-0.15, -0.1) is 24.0 Å². The van der Waals surface area contributed by atoms with Gasteiger partial charge in [0, 0.05) is 46.1 Å². The fourth-order valence-corrected chi connectivity index (χ4v) is 2.56. The molecule has 25 heavy (non-hydrogen) atoms. The molecule has 0 radical (unpaired) electrons. The van der Waals surface area contributed by atoms with Crippen LogP contribution in [0.1, 0.15) is 19.8 Å². The van der Waals surface area contributed by atoms with Gasteiger partial charge in [-0.05, 0) is 13.3 Å². The molecule has 9 heteroatoms. The number of carbonyl (C=O) groups is 1. The summed E-state index contributed by atoms with van der Waals surface area (Å²) in [6.45, 7) is 6.36. The van der Waals surface area contributed by atoms with Crippen molar-refractivity contribution in [3.8, 4) is 0 Å². The molecule has 1 amide bonds. The van der Waals surface area contributed by atoms with Crippen LogP contribution in [-0.4, -0.2) is 82.7 Å². The topological polar surface area (TPSA) is 84.4 Å². The summed E-state index contributed by atoms with van der Waals surface area (Å²) in [5.41, 5.74) is 0. The van der Waals surface area contributed by atoms with E-state index in [0.717, 1.165) is 26.2 Å². The van der Waals surface area contributed by atoms with Crippen LogP contribution in [0.15, 0.2) is 4.99 Å².